The lowest BCUT2D eigenvalue weighted by Crippen LogP contribution is -2.60. The summed E-state index contributed by atoms with van der Waals surface area (Å²) in [5.74, 6) is -1.51. The number of phenols is 2. The van der Waals surface area contributed by atoms with Gasteiger partial charge in [0.05, 0.1) is 13.2 Å². The maximum absolute atomic E-state index is 12.9. The normalized spacial score (nSPS) is 32.9. The first-order valence-electron chi connectivity index (χ1n) is 13.0. The summed E-state index contributed by atoms with van der Waals surface area (Å²) in [6.07, 6.45) is -15.7. The van der Waals surface area contributed by atoms with Gasteiger partial charge in [0, 0.05) is 23.8 Å². The van der Waals surface area contributed by atoms with Crippen LogP contribution in [0.3, 0.4) is 0 Å². The van der Waals surface area contributed by atoms with Crippen molar-refractivity contribution in [3.63, 3.8) is 0 Å². The van der Waals surface area contributed by atoms with Crippen LogP contribution in [-0.2, 0) is 9.47 Å². The van der Waals surface area contributed by atoms with Gasteiger partial charge in [0.2, 0.25) is 12.6 Å². The van der Waals surface area contributed by atoms with Crippen molar-refractivity contribution in [3.8, 4) is 34.3 Å². The average molecular weight is 611 g/mol. The van der Waals surface area contributed by atoms with Crippen molar-refractivity contribution < 1.29 is 74.4 Å². The van der Waals surface area contributed by atoms with Crippen LogP contribution in [0, 0.1) is 0 Å². The molecular formula is C27H30O16. The number of aromatic hydroxyl groups is 2. The Hall–Kier alpha value is -3.55. The summed E-state index contributed by atoms with van der Waals surface area (Å²) < 4.78 is 27.3. The van der Waals surface area contributed by atoms with Crippen molar-refractivity contribution in [2.75, 3.05) is 13.2 Å². The summed E-state index contributed by atoms with van der Waals surface area (Å²) in [7, 11) is 0. The lowest BCUT2D eigenvalue weighted by molar-refractivity contribution is -0.277. The number of phenolic OH excluding ortho intramolecular Hbond substituents is 2. The van der Waals surface area contributed by atoms with E-state index in [4.69, 9.17) is 23.4 Å². The van der Waals surface area contributed by atoms with E-state index < -0.39 is 91.6 Å². The molecule has 3 aromatic rings. The monoisotopic (exact) mass is 610 g/mol. The fraction of sp³-hybridized carbons (Fsp3) is 0.444. The molecule has 2 fully saturated rings. The van der Waals surface area contributed by atoms with E-state index in [1.807, 2.05) is 0 Å². The molecule has 0 saturated carbocycles. The van der Waals surface area contributed by atoms with Gasteiger partial charge in [-0.05, 0) is 18.2 Å². The third-order valence-electron chi connectivity index (χ3n) is 7.22. The van der Waals surface area contributed by atoms with Gasteiger partial charge in [-0.3, -0.25) is 4.79 Å². The van der Waals surface area contributed by atoms with Crippen molar-refractivity contribution in [1.29, 1.82) is 0 Å². The van der Waals surface area contributed by atoms with Crippen LogP contribution in [0.4, 0.5) is 0 Å². The van der Waals surface area contributed by atoms with Crippen LogP contribution in [0.15, 0.2) is 45.6 Å². The van der Waals surface area contributed by atoms with E-state index in [9.17, 15) is 55.9 Å². The number of benzene rings is 2. The number of aliphatic hydroxyl groups is 8. The van der Waals surface area contributed by atoms with Crippen LogP contribution >= 0.6 is 0 Å². The molecule has 0 radical (unpaired) electrons. The van der Waals surface area contributed by atoms with Crippen LogP contribution in [0.25, 0.3) is 22.3 Å². The molecule has 0 spiro atoms. The number of hydrogen-bond acceptors (Lipinski definition) is 16. The summed E-state index contributed by atoms with van der Waals surface area (Å²) in [5, 5.41) is 99.9. The first-order chi connectivity index (χ1) is 20.4. The summed E-state index contributed by atoms with van der Waals surface area (Å²) in [6, 6.07) is 7.05. The number of hydrogen-bond donors (Lipinski definition) is 10. The second-order valence-electron chi connectivity index (χ2n) is 10.1. The summed E-state index contributed by atoms with van der Waals surface area (Å²) >= 11 is 0. The highest BCUT2D eigenvalue weighted by molar-refractivity contribution is 5.86. The van der Waals surface area contributed by atoms with E-state index in [0.717, 1.165) is 18.2 Å². The number of aliphatic hydroxyl groups excluding tert-OH is 8. The molecule has 234 valence electrons. The molecule has 1 aromatic heterocycles. The molecule has 0 amide bonds. The highest BCUT2D eigenvalue weighted by atomic mass is 16.7. The largest absolute Gasteiger partial charge is 0.507 e. The lowest BCUT2D eigenvalue weighted by Gasteiger charge is -2.39. The molecule has 10 N–H and O–H groups in total. The highest BCUT2D eigenvalue weighted by Gasteiger charge is 2.46. The van der Waals surface area contributed by atoms with E-state index in [1.165, 1.54) is 18.2 Å². The minimum absolute atomic E-state index is 0.0726. The Morgan fingerprint density at radius 2 is 1.26 bits per heavy atom. The van der Waals surface area contributed by atoms with E-state index in [2.05, 4.69) is 0 Å². The zero-order valence-electron chi connectivity index (χ0n) is 22.1. The van der Waals surface area contributed by atoms with Crippen molar-refractivity contribution in [2.24, 2.45) is 0 Å². The third-order valence-corrected chi connectivity index (χ3v) is 7.22. The van der Waals surface area contributed by atoms with Gasteiger partial charge in [-0.25, -0.2) is 0 Å². The van der Waals surface area contributed by atoms with Crippen LogP contribution in [-0.4, -0.2) is 126 Å². The highest BCUT2D eigenvalue weighted by Crippen LogP contribution is 2.37. The van der Waals surface area contributed by atoms with Crippen LogP contribution in [0.1, 0.15) is 0 Å². The Labute approximate surface area is 241 Å². The number of fused-ring (bicyclic) bond motifs is 1. The van der Waals surface area contributed by atoms with Crippen molar-refractivity contribution in [3.05, 3.63) is 46.6 Å². The first kappa shape index (κ1) is 30.9. The molecule has 2 aliphatic rings. The quantitative estimate of drug-likeness (QED) is 0.130. The Morgan fingerprint density at radius 1 is 0.674 bits per heavy atom. The standard InChI is InChI=1S/C27H30O16/c28-7-17-20(33)22(35)24(37)26(42-17)39-10-4-12(31)19-13(32)6-15(40-16(19)5-10)9-1-2-14(11(30)3-9)41-27-25(38)23(36)21(34)18(8-29)43-27/h1-6,17-18,20-31,33-38H,7-8H2/t17-,18-,20+,21-,22+,23+,24-,25-,26-,27-/m1/s1. The van der Waals surface area contributed by atoms with E-state index in [-0.39, 0.29) is 33.8 Å². The number of ether oxygens (including phenoxy) is 4. The molecule has 16 heteroatoms. The fourth-order valence-corrected chi connectivity index (χ4v) is 4.81. The van der Waals surface area contributed by atoms with E-state index in [0.29, 0.717) is 0 Å². The van der Waals surface area contributed by atoms with Gasteiger partial charge in [-0.1, -0.05) is 0 Å². The molecule has 2 aromatic carbocycles. The Morgan fingerprint density at radius 3 is 1.81 bits per heavy atom. The summed E-state index contributed by atoms with van der Waals surface area (Å²) in [5.41, 5.74) is -0.685. The van der Waals surface area contributed by atoms with Gasteiger partial charge >= 0.3 is 0 Å². The second-order valence-corrected chi connectivity index (χ2v) is 10.1. The number of rotatable bonds is 7. The molecule has 0 bridgehead atoms. The van der Waals surface area contributed by atoms with Crippen molar-refractivity contribution in [1.82, 2.24) is 0 Å². The minimum Gasteiger partial charge on any atom is -0.507 e. The van der Waals surface area contributed by atoms with Crippen LogP contribution in [0.2, 0.25) is 0 Å². The predicted molar refractivity (Wildman–Crippen MR) is 140 cm³/mol. The summed E-state index contributed by atoms with van der Waals surface area (Å²) in [6.45, 7) is -1.37. The minimum atomic E-state index is -1.74. The average Bonchev–Trinajstić information content (AvgIpc) is 2.98. The van der Waals surface area contributed by atoms with Gasteiger partial charge in [0.1, 0.15) is 77.1 Å². The van der Waals surface area contributed by atoms with Crippen molar-refractivity contribution >= 4 is 11.0 Å². The van der Waals surface area contributed by atoms with Crippen molar-refractivity contribution in [2.45, 2.75) is 61.4 Å². The molecule has 5 rings (SSSR count). The van der Waals surface area contributed by atoms with E-state index >= 15 is 0 Å². The molecule has 10 atom stereocenters. The second kappa shape index (κ2) is 12.2. The Balaban J connectivity index is 1.41. The Kier molecular flexibility index (Phi) is 8.77. The lowest BCUT2D eigenvalue weighted by atomic mass is 9.99. The SMILES string of the molecule is O=c1cc(-c2ccc(O[C@@H]3O[C@H](CO)[C@@H](O)[C@H](O)[C@H]3O)c(O)c2)oc2cc(O[C@@H]3O[C@H](CO)[C@H](O)[C@H](O)[C@H]3O)cc(O)c12. The summed E-state index contributed by atoms with van der Waals surface area (Å²) in [4.78, 5) is 12.9. The maximum atomic E-state index is 12.9. The molecule has 0 unspecified atom stereocenters. The Bertz CT molecular complexity index is 1500. The smallest absolute Gasteiger partial charge is 0.229 e. The van der Waals surface area contributed by atoms with Crippen LogP contribution < -0.4 is 14.9 Å². The molecule has 2 aliphatic heterocycles. The van der Waals surface area contributed by atoms with E-state index in [1.54, 1.807) is 0 Å². The molecular weight excluding hydrogens is 580 g/mol. The zero-order valence-corrected chi connectivity index (χ0v) is 22.1. The molecule has 16 nitrogen and oxygen atoms in total. The van der Waals surface area contributed by atoms with Gasteiger partial charge in [-0.2, -0.15) is 0 Å². The maximum Gasteiger partial charge on any atom is 0.229 e. The van der Waals surface area contributed by atoms with Gasteiger partial charge in [0.15, 0.2) is 16.9 Å². The van der Waals surface area contributed by atoms with Gasteiger partial charge < -0.3 is 74.4 Å². The zero-order chi connectivity index (χ0) is 31.2. The van der Waals surface area contributed by atoms with Gasteiger partial charge in [-0.15, -0.1) is 0 Å². The topological polar surface area (TPSA) is 269 Å². The third kappa shape index (κ3) is 5.85. The predicted octanol–water partition coefficient (Wildman–Crippen LogP) is -2.77. The van der Waals surface area contributed by atoms with Crippen LogP contribution in [0.5, 0.6) is 23.0 Å². The fourth-order valence-electron chi connectivity index (χ4n) is 4.81. The van der Waals surface area contributed by atoms with Gasteiger partial charge in [0.25, 0.3) is 0 Å². The molecule has 2 saturated heterocycles. The molecule has 0 aliphatic carbocycles. The first-order valence-corrected chi connectivity index (χ1v) is 13.0. The molecule has 43 heavy (non-hydrogen) atoms. The molecule has 3 heterocycles.